The maximum atomic E-state index is 14.1. The van der Waals surface area contributed by atoms with Crippen LogP contribution in [0.4, 0.5) is 14.5 Å². The standard InChI is InChI=1S/C24H28F2N4O3/c1-13(2)19(28-22(31)14(3)27-4)24(33)30-12-15-8-5-6-9-16(15)21(30)23(32)29-20-17(25)10-7-11-18(20)26/h5-11,13-14,19,21,27H,12H2,1-4H3,(H,28,31)(H,29,32)/t14-,19-,21?/m0/s1. The second-order valence-electron chi connectivity index (χ2n) is 8.39. The second-order valence-corrected chi connectivity index (χ2v) is 8.39. The van der Waals surface area contributed by atoms with Crippen molar-refractivity contribution in [2.45, 2.75) is 45.4 Å². The Bertz CT molecular complexity index is 1040. The number of benzene rings is 2. The Morgan fingerprint density at radius 1 is 1.00 bits per heavy atom. The Hall–Kier alpha value is -3.33. The molecule has 0 spiro atoms. The molecule has 1 aliphatic rings. The molecular formula is C24H28F2N4O3. The first-order valence-electron chi connectivity index (χ1n) is 10.8. The van der Waals surface area contributed by atoms with Gasteiger partial charge in [0.15, 0.2) is 0 Å². The normalized spacial score (nSPS) is 16.8. The number of amides is 3. The van der Waals surface area contributed by atoms with Crippen LogP contribution in [0.5, 0.6) is 0 Å². The van der Waals surface area contributed by atoms with Crippen LogP contribution in [0, 0.1) is 17.6 Å². The highest BCUT2D eigenvalue weighted by molar-refractivity contribution is 6.00. The molecule has 2 aromatic carbocycles. The molecule has 0 fully saturated rings. The molecule has 0 saturated carbocycles. The van der Waals surface area contributed by atoms with E-state index in [1.807, 2.05) is 0 Å². The van der Waals surface area contributed by atoms with Crippen LogP contribution in [0.15, 0.2) is 42.5 Å². The molecular weight excluding hydrogens is 430 g/mol. The van der Waals surface area contributed by atoms with Gasteiger partial charge in [0.25, 0.3) is 5.91 Å². The third-order valence-corrected chi connectivity index (χ3v) is 5.80. The van der Waals surface area contributed by atoms with Crippen molar-refractivity contribution in [2.75, 3.05) is 12.4 Å². The van der Waals surface area contributed by atoms with Crippen molar-refractivity contribution in [1.82, 2.24) is 15.5 Å². The number of halogens is 2. The molecule has 33 heavy (non-hydrogen) atoms. The lowest BCUT2D eigenvalue weighted by atomic mass is 10.0. The largest absolute Gasteiger partial charge is 0.343 e. The number of fused-ring (bicyclic) bond motifs is 1. The molecule has 1 unspecified atom stereocenters. The van der Waals surface area contributed by atoms with Gasteiger partial charge in [-0.3, -0.25) is 14.4 Å². The minimum absolute atomic E-state index is 0.132. The smallest absolute Gasteiger partial charge is 0.252 e. The van der Waals surface area contributed by atoms with Crippen molar-refractivity contribution in [3.8, 4) is 0 Å². The molecule has 0 aliphatic carbocycles. The number of nitrogens with zero attached hydrogens (tertiary/aromatic N) is 1. The Morgan fingerprint density at radius 2 is 1.64 bits per heavy atom. The molecule has 1 heterocycles. The van der Waals surface area contributed by atoms with Crippen molar-refractivity contribution < 1.29 is 23.2 Å². The number of carbonyl (C=O) groups excluding carboxylic acids is 3. The molecule has 0 saturated heterocycles. The average Bonchev–Trinajstić information content (AvgIpc) is 3.18. The topological polar surface area (TPSA) is 90.5 Å². The van der Waals surface area contributed by atoms with E-state index < -0.39 is 47.3 Å². The summed E-state index contributed by atoms with van der Waals surface area (Å²) in [6.07, 6.45) is 0. The van der Waals surface area contributed by atoms with Crippen molar-refractivity contribution >= 4 is 23.4 Å². The third-order valence-electron chi connectivity index (χ3n) is 5.80. The summed E-state index contributed by atoms with van der Waals surface area (Å²) in [5.74, 6) is -3.64. The lowest BCUT2D eigenvalue weighted by Crippen LogP contribution is -2.55. The maximum Gasteiger partial charge on any atom is 0.252 e. The molecule has 3 amide bonds. The van der Waals surface area contributed by atoms with Gasteiger partial charge in [-0.25, -0.2) is 8.78 Å². The number of anilines is 1. The van der Waals surface area contributed by atoms with Crippen LogP contribution >= 0.6 is 0 Å². The quantitative estimate of drug-likeness (QED) is 0.595. The molecule has 0 bridgehead atoms. The number of nitrogens with one attached hydrogen (secondary N) is 3. The highest BCUT2D eigenvalue weighted by Crippen LogP contribution is 2.36. The molecule has 9 heteroatoms. The molecule has 7 nitrogen and oxygen atoms in total. The Kier molecular flexibility index (Phi) is 7.43. The number of rotatable bonds is 7. The van der Waals surface area contributed by atoms with E-state index in [-0.39, 0.29) is 18.4 Å². The summed E-state index contributed by atoms with van der Waals surface area (Å²) in [6.45, 7) is 5.38. The molecule has 3 atom stereocenters. The molecule has 3 rings (SSSR count). The summed E-state index contributed by atoms with van der Waals surface area (Å²) in [5, 5.41) is 7.88. The summed E-state index contributed by atoms with van der Waals surface area (Å²) >= 11 is 0. The summed E-state index contributed by atoms with van der Waals surface area (Å²) in [5.41, 5.74) is 0.741. The molecule has 176 valence electrons. The van der Waals surface area contributed by atoms with Crippen LogP contribution in [-0.4, -0.2) is 41.8 Å². The van der Waals surface area contributed by atoms with Gasteiger partial charge in [-0.05, 0) is 43.1 Å². The van der Waals surface area contributed by atoms with Gasteiger partial charge in [-0.2, -0.15) is 0 Å². The van der Waals surface area contributed by atoms with E-state index in [1.54, 1.807) is 52.1 Å². The van der Waals surface area contributed by atoms with Gasteiger partial charge >= 0.3 is 0 Å². The maximum absolute atomic E-state index is 14.1. The van der Waals surface area contributed by atoms with E-state index in [0.717, 1.165) is 17.7 Å². The van der Waals surface area contributed by atoms with Crippen LogP contribution in [0.1, 0.15) is 37.9 Å². The summed E-state index contributed by atoms with van der Waals surface area (Å²) in [4.78, 5) is 40.6. The molecule has 0 radical (unpaired) electrons. The zero-order valence-corrected chi connectivity index (χ0v) is 19.0. The van der Waals surface area contributed by atoms with Crippen LogP contribution in [-0.2, 0) is 20.9 Å². The predicted molar refractivity (Wildman–Crippen MR) is 120 cm³/mol. The van der Waals surface area contributed by atoms with Crippen LogP contribution in [0.3, 0.4) is 0 Å². The Morgan fingerprint density at radius 3 is 2.24 bits per heavy atom. The summed E-state index contributed by atoms with van der Waals surface area (Å²) in [6, 6.07) is 7.78. The lowest BCUT2D eigenvalue weighted by Gasteiger charge is -2.31. The zero-order chi connectivity index (χ0) is 24.3. The summed E-state index contributed by atoms with van der Waals surface area (Å²) in [7, 11) is 1.63. The monoisotopic (exact) mass is 458 g/mol. The minimum Gasteiger partial charge on any atom is -0.343 e. The van der Waals surface area contributed by atoms with Crippen LogP contribution in [0.25, 0.3) is 0 Å². The Labute approximate surface area is 191 Å². The second kappa shape index (κ2) is 10.1. The fourth-order valence-corrected chi connectivity index (χ4v) is 3.79. The van der Waals surface area contributed by atoms with Crippen molar-refractivity contribution in [3.63, 3.8) is 0 Å². The number of carbonyl (C=O) groups is 3. The van der Waals surface area contributed by atoms with Gasteiger partial charge in [0, 0.05) is 6.54 Å². The van der Waals surface area contributed by atoms with Gasteiger partial charge in [-0.15, -0.1) is 0 Å². The zero-order valence-electron chi connectivity index (χ0n) is 19.0. The summed E-state index contributed by atoms with van der Waals surface area (Å²) < 4.78 is 28.3. The van der Waals surface area contributed by atoms with Gasteiger partial charge in [-0.1, -0.05) is 44.2 Å². The minimum atomic E-state index is -1.10. The van der Waals surface area contributed by atoms with Gasteiger partial charge in [0.1, 0.15) is 29.4 Å². The first-order valence-corrected chi connectivity index (χ1v) is 10.8. The first-order chi connectivity index (χ1) is 15.6. The van der Waals surface area contributed by atoms with Gasteiger partial charge < -0.3 is 20.9 Å². The van der Waals surface area contributed by atoms with Gasteiger partial charge in [0.05, 0.1) is 6.04 Å². The van der Waals surface area contributed by atoms with E-state index in [0.29, 0.717) is 5.56 Å². The number of hydrogen-bond acceptors (Lipinski definition) is 4. The van der Waals surface area contributed by atoms with E-state index >= 15 is 0 Å². The third kappa shape index (κ3) is 5.03. The fourth-order valence-electron chi connectivity index (χ4n) is 3.79. The van der Waals surface area contributed by atoms with E-state index in [1.165, 1.54) is 11.0 Å². The van der Waals surface area contributed by atoms with E-state index in [4.69, 9.17) is 0 Å². The lowest BCUT2D eigenvalue weighted by molar-refractivity contribution is -0.143. The molecule has 3 N–H and O–H groups in total. The van der Waals surface area contributed by atoms with Crippen molar-refractivity contribution in [3.05, 3.63) is 65.2 Å². The van der Waals surface area contributed by atoms with Crippen molar-refractivity contribution in [2.24, 2.45) is 5.92 Å². The number of likely N-dealkylation sites (N-methyl/N-ethyl adjacent to an activating group) is 1. The highest BCUT2D eigenvalue weighted by atomic mass is 19.1. The van der Waals surface area contributed by atoms with E-state index in [9.17, 15) is 23.2 Å². The van der Waals surface area contributed by atoms with Crippen LogP contribution in [0.2, 0.25) is 0 Å². The number of hydrogen-bond donors (Lipinski definition) is 3. The highest BCUT2D eigenvalue weighted by Gasteiger charge is 2.42. The average molecular weight is 459 g/mol. The van der Waals surface area contributed by atoms with Gasteiger partial charge in [0.2, 0.25) is 11.8 Å². The predicted octanol–water partition coefficient (Wildman–Crippen LogP) is 2.74. The molecule has 0 aromatic heterocycles. The van der Waals surface area contributed by atoms with E-state index in [2.05, 4.69) is 16.0 Å². The number of para-hydroxylation sites is 1. The SMILES string of the molecule is CN[C@@H](C)C(=O)N[C@H](C(=O)N1Cc2ccccc2C1C(=O)Nc1c(F)cccc1F)C(C)C. The molecule has 1 aliphatic heterocycles. The fraction of sp³-hybridized carbons (Fsp3) is 0.375. The van der Waals surface area contributed by atoms with Crippen LogP contribution < -0.4 is 16.0 Å². The Balaban J connectivity index is 1.93. The van der Waals surface area contributed by atoms with Crippen molar-refractivity contribution in [1.29, 1.82) is 0 Å². The molecule has 2 aromatic rings. The first kappa shape index (κ1) is 24.3.